The van der Waals surface area contributed by atoms with E-state index in [0.29, 0.717) is 5.75 Å². The minimum Gasteiger partial charge on any atom is -0.457 e. The third-order valence-corrected chi connectivity index (χ3v) is 3.23. The van der Waals surface area contributed by atoms with Crippen LogP contribution < -0.4 is 15.9 Å². The summed E-state index contributed by atoms with van der Waals surface area (Å²) in [4.78, 5) is 10.7. The maximum absolute atomic E-state index is 10.7. The Balaban J connectivity index is 2.24. The number of nitrogens with zero attached hydrogens (tertiary/aromatic N) is 1. The van der Waals surface area contributed by atoms with E-state index >= 15 is 0 Å². The van der Waals surface area contributed by atoms with E-state index in [4.69, 9.17) is 10.5 Å². The molecule has 120 valence electrons. The normalized spacial score (nSPS) is 11.4. The Hall–Kier alpha value is -2.82. The summed E-state index contributed by atoms with van der Waals surface area (Å²) in [5.41, 5.74) is 9.12. The maximum atomic E-state index is 10.7. The summed E-state index contributed by atoms with van der Waals surface area (Å²) in [6.45, 7) is 6.46. The van der Waals surface area contributed by atoms with Crippen molar-refractivity contribution in [1.29, 1.82) is 0 Å². The fraction of sp³-hybridized carbons (Fsp3) is 0.222. The number of hydrogen-bond donors (Lipinski definition) is 2. The number of urea groups is 1. The highest BCUT2D eigenvalue weighted by molar-refractivity contribution is 5.84. The third kappa shape index (κ3) is 4.85. The molecule has 0 bridgehead atoms. The molecule has 2 amide bonds. The zero-order valence-corrected chi connectivity index (χ0v) is 13.5. The van der Waals surface area contributed by atoms with Gasteiger partial charge in [0, 0.05) is 5.56 Å². The van der Waals surface area contributed by atoms with E-state index in [0.717, 1.165) is 11.3 Å². The van der Waals surface area contributed by atoms with Gasteiger partial charge in [-0.1, -0.05) is 45.0 Å². The van der Waals surface area contributed by atoms with Crippen molar-refractivity contribution in [1.82, 2.24) is 5.43 Å². The molecule has 23 heavy (non-hydrogen) atoms. The standard InChI is InChI=1S/C18H21N3O2/c1-18(2,3)14-8-6-9-15(11-14)23-16-10-5-4-7-13(16)12-20-21-17(19)22/h4-12H,1-3H3,(H3,19,21,22). The van der Waals surface area contributed by atoms with Gasteiger partial charge in [-0.3, -0.25) is 0 Å². The van der Waals surface area contributed by atoms with Gasteiger partial charge in [0.2, 0.25) is 0 Å². The summed E-state index contributed by atoms with van der Waals surface area (Å²) in [7, 11) is 0. The van der Waals surface area contributed by atoms with Crippen LogP contribution in [-0.2, 0) is 5.41 Å². The summed E-state index contributed by atoms with van der Waals surface area (Å²) in [5.74, 6) is 1.40. The first-order valence-corrected chi connectivity index (χ1v) is 7.32. The number of nitrogens with two attached hydrogens (primary N) is 1. The van der Waals surface area contributed by atoms with E-state index in [9.17, 15) is 4.79 Å². The number of primary amides is 1. The van der Waals surface area contributed by atoms with Crippen molar-refractivity contribution in [3.05, 3.63) is 59.7 Å². The lowest BCUT2D eigenvalue weighted by atomic mass is 9.87. The molecule has 3 N–H and O–H groups in total. The van der Waals surface area contributed by atoms with Crippen LogP contribution in [0.5, 0.6) is 11.5 Å². The van der Waals surface area contributed by atoms with Gasteiger partial charge in [0.25, 0.3) is 0 Å². The van der Waals surface area contributed by atoms with Gasteiger partial charge < -0.3 is 10.5 Å². The lowest BCUT2D eigenvalue weighted by Crippen LogP contribution is -2.24. The van der Waals surface area contributed by atoms with Gasteiger partial charge in [-0.25, -0.2) is 10.2 Å². The number of hydrazone groups is 1. The van der Waals surface area contributed by atoms with Gasteiger partial charge in [0.1, 0.15) is 11.5 Å². The number of para-hydroxylation sites is 1. The van der Waals surface area contributed by atoms with E-state index < -0.39 is 6.03 Å². The molecule has 0 atom stereocenters. The Morgan fingerprint density at radius 2 is 1.91 bits per heavy atom. The molecule has 0 aromatic heterocycles. The van der Waals surface area contributed by atoms with Crippen LogP contribution in [0.15, 0.2) is 53.6 Å². The van der Waals surface area contributed by atoms with Crippen molar-refractivity contribution < 1.29 is 9.53 Å². The molecule has 0 spiro atoms. The molecule has 0 unspecified atom stereocenters. The average molecular weight is 311 g/mol. The molecule has 0 radical (unpaired) electrons. The van der Waals surface area contributed by atoms with Crippen LogP contribution in [0.4, 0.5) is 4.79 Å². The van der Waals surface area contributed by atoms with Crippen LogP contribution >= 0.6 is 0 Å². The second kappa shape index (κ2) is 6.96. The highest BCUT2D eigenvalue weighted by atomic mass is 16.5. The molecule has 0 aliphatic heterocycles. The Morgan fingerprint density at radius 1 is 1.17 bits per heavy atom. The molecule has 0 saturated heterocycles. The first kappa shape index (κ1) is 16.5. The second-order valence-electron chi connectivity index (χ2n) is 6.15. The molecular weight excluding hydrogens is 290 g/mol. The zero-order valence-electron chi connectivity index (χ0n) is 13.5. The summed E-state index contributed by atoms with van der Waals surface area (Å²) in [6.07, 6.45) is 1.49. The predicted molar refractivity (Wildman–Crippen MR) is 92.0 cm³/mol. The lowest BCUT2D eigenvalue weighted by molar-refractivity contribution is 0.249. The zero-order chi connectivity index (χ0) is 16.9. The molecule has 5 nitrogen and oxygen atoms in total. The van der Waals surface area contributed by atoms with Gasteiger partial charge in [-0.05, 0) is 35.2 Å². The number of benzene rings is 2. The van der Waals surface area contributed by atoms with Crippen LogP contribution in [0.1, 0.15) is 31.9 Å². The Bertz CT molecular complexity index is 718. The van der Waals surface area contributed by atoms with E-state index in [-0.39, 0.29) is 5.41 Å². The predicted octanol–water partition coefficient (Wildman–Crippen LogP) is 3.78. The molecule has 0 aliphatic rings. The smallest absolute Gasteiger partial charge is 0.332 e. The van der Waals surface area contributed by atoms with Crippen LogP contribution in [0.2, 0.25) is 0 Å². The van der Waals surface area contributed by atoms with Crippen molar-refractivity contribution >= 4 is 12.2 Å². The maximum Gasteiger partial charge on any atom is 0.332 e. The van der Waals surface area contributed by atoms with Crippen molar-refractivity contribution in [3.8, 4) is 11.5 Å². The van der Waals surface area contributed by atoms with Gasteiger partial charge >= 0.3 is 6.03 Å². The van der Waals surface area contributed by atoms with Crippen molar-refractivity contribution in [3.63, 3.8) is 0 Å². The molecule has 2 aromatic rings. The number of nitrogens with one attached hydrogen (secondary N) is 1. The minimum absolute atomic E-state index is 0.0474. The van der Waals surface area contributed by atoms with Crippen molar-refractivity contribution in [2.75, 3.05) is 0 Å². The van der Waals surface area contributed by atoms with Gasteiger partial charge in [-0.2, -0.15) is 5.10 Å². The number of hydrogen-bond acceptors (Lipinski definition) is 3. The number of carbonyl (C=O) groups is 1. The van der Waals surface area contributed by atoms with Gasteiger partial charge in [-0.15, -0.1) is 0 Å². The van der Waals surface area contributed by atoms with E-state index in [1.165, 1.54) is 11.8 Å². The topological polar surface area (TPSA) is 76.7 Å². The monoisotopic (exact) mass is 311 g/mol. The Morgan fingerprint density at radius 3 is 2.61 bits per heavy atom. The fourth-order valence-corrected chi connectivity index (χ4v) is 2.00. The molecule has 0 heterocycles. The molecule has 0 saturated carbocycles. The second-order valence-corrected chi connectivity index (χ2v) is 6.15. The Kier molecular flexibility index (Phi) is 5.01. The Labute approximate surface area is 136 Å². The van der Waals surface area contributed by atoms with Crippen molar-refractivity contribution in [2.45, 2.75) is 26.2 Å². The average Bonchev–Trinajstić information content (AvgIpc) is 2.48. The van der Waals surface area contributed by atoms with Crippen LogP contribution in [0, 0.1) is 0 Å². The molecule has 2 aromatic carbocycles. The SMILES string of the molecule is CC(C)(C)c1cccc(Oc2ccccc2C=NNC(N)=O)c1. The largest absolute Gasteiger partial charge is 0.457 e. The van der Waals surface area contributed by atoms with E-state index in [1.54, 1.807) is 0 Å². The number of amides is 2. The van der Waals surface area contributed by atoms with Crippen LogP contribution in [-0.4, -0.2) is 12.2 Å². The summed E-state index contributed by atoms with van der Waals surface area (Å²) in [6, 6.07) is 14.7. The molecule has 5 heteroatoms. The van der Waals surface area contributed by atoms with Gasteiger partial charge in [0.05, 0.1) is 6.21 Å². The van der Waals surface area contributed by atoms with E-state index in [1.807, 2.05) is 42.5 Å². The number of ether oxygens (including phenoxy) is 1. The van der Waals surface area contributed by atoms with Gasteiger partial charge in [0.15, 0.2) is 0 Å². The summed E-state index contributed by atoms with van der Waals surface area (Å²) in [5, 5.41) is 3.77. The van der Waals surface area contributed by atoms with Crippen molar-refractivity contribution in [2.24, 2.45) is 10.8 Å². The lowest BCUT2D eigenvalue weighted by Gasteiger charge is -2.20. The number of carbonyl (C=O) groups excluding carboxylic acids is 1. The van der Waals surface area contributed by atoms with E-state index in [2.05, 4.69) is 37.4 Å². The first-order chi connectivity index (χ1) is 10.9. The first-order valence-electron chi connectivity index (χ1n) is 7.32. The number of rotatable bonds is 4. The van der Waals surface area contributed by atoms with Crippen LogP contribution in [0.25, 0.3) is 0 Å². The molecule has 0 aliphatic carbocycles. The fourth-order valence-electron chi connectivity index (χ4n) is 2.00. The minimum atomic E-state index is -0.711. The summed E-state index contributed by atoms with van der Waals surface area (Å²) >= 11 is 0. The highest BCUT2D eigenvalue weighted by Crippen LogP contribution is 2.29. The highest BCUT2D eigenvalue weighted by Gasteiger charge is 2.14. The van der Waals surface area contributed by atoms with Crippen LogP contribution in [0.3, 0.4) is 0 Å². The third-order valence-electron chi connectivity index (χ3n) is 3.23. The molecule has 2 rings (SSSR count). The molecular formula is C18H21N3O2. The molecule has 0 fully saturated rings. The quantitative estimate of drug-likeness (QED) is 0.666. The summed E-state index contributed by atoms with van der Waals surface area (Å²) < 4.78 is 5.97.